The maximum Gasteiger partial charge on any atom is 0.230 e. The van der Waals surface area contributed by atoms with Crippen LogP contribution in [0.4, 0.5) is 5.13 Å². The van der Waals surface area contributed by atoms with E-state index in [9.17, 15) is 9.59 Å². The molecule has 3 N–H and O–H groups in total. The number of aromatic nitrogens is 2. The number of allylic oxidation sites excluding steroid dienone is 2. The van der Waals surface area contributed by atoms with E-state index in [-0.39, 0.29) is 23.4 Å². The Hall–Kier alpha value is -3.30. The molecule has 2 amide bonds. The van der Waals surface area contributed by atoms with Crippen molar-refractivity contribution >= 4 is 45.2 Å². The van der Waals surface area contributed by atoms with Gasteiger partial charge < -0.3 is 10.6 Å². The maximum atomic E-state index is 12.4. The van der Waals surface area contributed by atoms with Gasteiger partial charge in [0, 0.05) is 6.42 Å². The van der Waals surface area contributed by atoms with Gasteiger partial charge in [-0.25, -0.2) is 0 Å². The summed E-state index contributed by atoms with van der Waals surface area (Å²) in [5.41, 5.74) is 5.57. The van der Waals surface area contributed by atoms with Crippen LogP contribution in [-0.4, -0.2) is 27.2 Å². The zero-order valence-corrected chi connectivity index (χ0v) is 23.4. The second-order valence-corrected chi connectivity index (χ2v) is 11.8. The number of nitrogens with zero attached hydrogens (tertiary/aromatic N) is 2. The Kier molecular flexibility index (Phi) is 9.84. The number of aryl methyl sites for hydroxylation is 3. The molecule has 38 heavy (non-hydrogen) atoms. The first-order valence-corrected chi connectivity index (χ1v) is 14.5. The first kappa shape index (κ1) is 27.7. The number of hydrogen-bond acceptors (Lipinski definition) is 7. The number of anilines is 1. The Bertz CT molecular complexity index is 1340. The molecule has 1 heterocycles. The Balaban J connectivity index is 1.17. The lowest BCUT2D eigenvalue weighted by atomic mass is 10.1. The predicted octanol–water partition coefficient (Wildman–Crippen LogP) is 6.12. The molecule has 2 aromatic carbocycles. The van der Waals surface area contributed by atoms with Gasteiger partial charge in [-0.2, -0.15) is 0 Å². The van der Waals surface area contributed by atoms with Crippen LogP contribution in [0.3, 0.4) is 0 Å². The number of benzene rings is 2. The smallest absolute Gasteiger partial charge is 0.230 e. The van der Waals surface area contributed by atoms with Crippen LogP contribution in [0.15, 0.2) is 59.0 Å². The fraction of sp³-hybridized carbons (Fsp3) is 0.345. The van der Waals surface area contributed by atoms with Crippen molar-refractivity contribution in [2.24, 2.45) is 0 Å². The van der Waals surface area contributed by atoms with E-state index in [0.29, 0.717) is 11.6 Å². The average molecular weight is 548 g/mol. The molecule has 3 aromatic rings. The summed E-state index contributed by atoms with van der Waals surface area (Å²) in [6.45, 7) is 4.01. The molecule has 1 fully saturated rings. The molecule has 1 aromatic heterocycles. The molecular formula is C29H33N5O2S2. The molecule has 4 rings (SSSR count). The molecule has 0 spiro atoms. The van der Waals surface area contributed by atoms with E-state index in [1.165, 1.54) is 33.6 Å². The Labute approximate surface area is 232 Å². The molecule has 9 heteroatoms. The molecule has 1 aliphatic carbocycles. The number of rotatable bonds is 11. The van der Waals surface area contributed by atoms with E-state index >= 15 is 0 Å². The van der Waals surface area contributed by atoms with Crippen LogP contribution >= 0.6 is 23.1 Å². The van der Waals surface area contributed by atoms with Crippen LogP contribution in [0, 0.1) is 19.3 Å². The Morgan fingerprint density at radius 3 is 2.24 bits per heavy atom. The highest BCUT2D eigenvalue weighted by Gasteiger charge is 2.20. The highest BCUT2D eigenvalue weighted by Crippen LogP contribution is 2.39. The molecule has 0 bridgehead atoms. The minimum atomic E-state index is -0.161. The second kappa shape index (κ2) is 13.5. The molecule has 0 aliphatic heterocycles. The highest BCUT2D eigenvalue weighted by molar-refractivity contribution is 8.17. The van der Waals surface area contributed by atoms with Crippen molar-refractivity contribution in [2.75, 3.05) is 5.32 Å². The topological polar surface area (TPSA) is 108 Å². The number of amides is 2. The number of hydrogen-bond donors (Lipinski definition) is 3. The van der Waals surface area contributed by atoms with Gasteiger partial charge in [0.05, 0.1) is 12.8 Å². The molecule has 198 valence electrons. The maximum absolute atomic E-state index is 12.4. The SMILES string of the molecule is Cc1cccc(CC(=O)NC(=N)SC(CCCCc2nnc(NC(=O)Cc3cccc(C)c3)s2)=C2CC2)c1. The summed E-state index contributed by atoms with van der Waals surface area (Å²) in [5.74, 6) is -0.254. The predicted molar refractivity (Wildman–Crippen MR) is 156 cm³/mol. The molecule has 1 aliphatic rings. The molecule has 0 atom stereocenters. The van der Waals surface area contributed by atoms with Crippen LogP contribution in [0.25, 0.3) is 0 Å². The molecule has 0 saturated heterocycles. The monoisotopic (exact) mass is 547 g/mol. The number of carbonyl (C=O) groups excluding carboxylic acids is 2. The van der Waals surface area contributed by atoms with Gasteiger partial charge >= 0.3 is 0 Å². The Morgan fingerprint density at radius 1 is 0.947 bits per heavy atom. The number of thioether (sulfide) groups is 1. The van der Waals surface area contributed by atoms with E-state index in [2.05, 4.69) is 20.8 Å². The van der Waals surface area contributed by atoms with Gasteiger partial charge in [0.1, 0.15) is 5.01 Å². The van der Waals surface area contributed by atoms with Gasteiger partial charge in [0.2, 0.25) is 16.9 Å². The largest absolute Gasteiger partial charge is 0.305 e. The van der Waals surface area contributed by atoms with Gasteiger partial charge in [0.25, 0.3) is 0 Å². The first-order chi connectivity index (χ1) is 18.3. The van der Waals surface area contributed by atoms with Crippen molar-refractivity contribution in [1.29, 1.82) is 5.41 Å². The fourth-order valence-electron chi connectivity index (χ4n) is 4.11. The minimum Gasteiger partial charge on any atom is -0.305 e. The lowest BCUT2D eigenvalue weighted by molar-refractivity contribution is -0.119. The summed E-state index contributed by atoms with van der Waals surface area (Å²) in [6, 6.07) is 15.8. The van der Waals surface area contributed by atoms with Crippen LogP contribution in [0.2, 0.25) is 0 Å². The average Bonchev–Trinajstić information content (AvgIpc) is 3.61. The fourth-order valence-corrected chi connectivity index (χ4v) is 5.91. The van der Waals surface area contributed by atoms with E-state index in [1.807, 2.05) is 62.4 Å². The van der Waals surface area contributed by atoms with Crippen LogP contribution < -0.4 is 10.6 Å². The van der Waals surface area contributed by atoms with Crippen molar-refractivity contribution < 1.29 is 9.59 Å². The second-order valence-electron chi connectivity index (χ2n) is 9.59. The number of amidine groups is 1. The first-order valence-electron chi connectivity index (χ1n) is 12.8. The zero-order valence-electron chi connectivity index (χ0n) is 21.8. The quantitative estimate of drug-likeness (QED) is 0.152. The van der Waals surface area contributed by atoms with E-state index in [4.69, 9.17) is 5.41 Å². The lowest BCUT2D eigenvalue weighted by Crippen LogP contribution is -2.29. The summed E-state index contributed by atoms with van der Waals surface area (Å²) in [4.78, 5) is 25.9. The van der Waals surface area contributed by atoms with Gasteiger partial charge in [-0.05, 0) is 62.0 Å². The van der Waals surface area contributed by atoms with E-state index in [1.54, 1.807) is 0 Å². The third-order valence-corrected chi connectivity index (χ3v) is 7.97. The summed E-state index contributed by atoms with van der Waals surface area (Å²) in [6.07, 6.45) is 6.32. The molecular weight excluding hydrogens is 514 g/mol. The highest BCUT2D eigenvalue weighted by atomic mass is 32.2. The van der Waals surface area contributed by atoms with Gasteiger partial charge in [-0.1, -0.05) is 88.3 Å². The third kappa shape index (κ3) is 9.22. The van der Waals surface area contributed by atoms with Crippen LogP contribution in [0.1, 0.15) is 59.4 Å². The molecule has 0 unspecified atom stereocenters. The number of nitrogens with one attached hydrogen (secondary N) is 3. The molecule has 1 saturated carbocycles. The van der Waals surface area contributed by atoms with E-state index in [0.717, 1.165) is 65.8 Å². The van der Waals surface area contributed by atoms with Crippen molar-refractivity contribution in [3.8, 4) is 0 Å². The standard InChI is InChI=1S/C29H33N5O2S2/c1-19-7-5-9-21(15-19)17-25(35)31-28(30)37-24(23-13-14-23)11-3-4-12-27-33-34-29(38-27)32-26(36)18-22-10-6-8-20(2)16-22/h5-10,15-16H,3-4,11-14,17-18H2,1-2H3,(H2,30,31,35)(H,32,34,36). The van der Waals surface area contributed by atoms with Crippen molar-refractivity contribution in [3.05, 3.63) is 86.3 Å². The van der Waals surface area contributed by atoms with Gasteiger partial charge in [-0.3, -0.25) is 15.0 Å². The number of unbranched alkanes of at least 4 members (excludes halogenated alkanes) is 1. The third-order valence-electron chi connectivity index (χ3n) is 6.02. The molecule has 7 nitrogen and oxygen atoms in total. The summed E-state index contributed by atoms with van der Waals surface area (Å²) < 4.78 is 0. The van der Waals surface area contributed by atoms with Gasteiger partial charge in [-0.15, -0.1) is 10.2 Å². The number of carbonyl (C=O) groups is 2. The molecule has 0 radical (unpaired) electrons. The zero-order chi connectivity index (χ0) is 26.9. The van der Waals surface area contributed by atoms with Crippen LogP contribution in [0.5, 0.6) is 0 Å². The normalized spacial score (nSPS) is 12.2. The Morgan fingerprint density at radius 2 is 1.61 bits per heavy atom. The van der Waals surface area contributed by atoms with Gasteiger partial charge in [0.15, 0.2) is 5.17 Å². The van der Waals surface area contributed by atoms with Crippen molar-refractivity contribution in [2.45, 2.75) is 65.2 Å². The minimum absolute atomic E-state index is 0.0931. The van der Waals surface area contributed by atoms with Crippen molar-refractivity contribution in [3.63, 3.8) is 0 Å². The summed E-state index contributed by atoms with van der Waals surface area (Å²) in [5, 5.41) is 23.8. The van der Waals surface area contributed by atoms with E-state index < -0.39 is 0 Å². The lowest BCUT2D eigenvalue weighted by Gasteiger charge is -2.10. The summed E-state index contributed by atoms with van der Waals surface area (Å²) in [7, 11) is 0. The van der Waals surface area contributed by atoms with Crippen LogP contribution in [-0.2, 0) is 28.9 Å². The summed E-state index contributed by atoms with van der Waals surface area (Å²) >= 11 is 2.79. The van der Waals surface area contributed by atoms with Crippen molar-refractivity contribution in [1.82, 2.24) is 15.5 Å².